The van der Waals surface area contributed by atoms with Gasteiger partial charge in [0.15, 0.2) is 0 Å². The maximum absolute atomic E-state index is 3.25. The van der Waals surface area contributed by atoms with Gasteiger partial charge in [0.1, 0.15) is 0 Å². The van der Waals surface area contributed by atoms with Crippen LogP contribution in [0, 0.1) is 19.9 Å². The Balaban J connectivity index is -0.000000109. The molecule has 122 valence electrons. The number of fused-ring (bicyclic) bond motifs is 1. The largest absolute Gasteiger partial charge is 0.168 e. The Morgan fingerprint density at radius 2 is 1.64 bits per heavy atom. The normalized spacial score (nSPS) is 8.86. The quantitative estimate of drug-likeness (QED) is 0.355. The van der Waals surface area contributed by atoms with Gasteiger partial charge in [0.05, 0.1) is 0 Å². The van der Waals surface area contributed by atoms with Crippen LogP contribution in [-0.4, -0.2) is 6.88 Å². The van der Waals surface area contributed by atoms with Gasteiger partial charge >= 0.3 is 30.2 Å². The van der Waals surface area contributed by atoms with Crippen molar-refractivity contribution in [3.63, 3.8) is 0 Å². The second-order valence-corrected chi connectivity index (χ2v) is 3.16. The molecule has 2 radical (unpaired) electrons. The Morgan fingerprint density at radius 3 is 2.05 bits per heavy atom. The van der Waals surface area contributed by atoms with Gasteiger partial charge in [-0.15, -0.1) is 60.9 Å². The maximum Gasteiger partial charge on any atom is -0.0809 e. The van der Waals surface area contributed by atoms with Crippen LogP contribution in [-0.2, 0) is 23.3 Å². The van der Waals surface area contributed by atoms with Crippen LogP contribution >= 0.6 is 24.8 Å². The van der Waals surface area contributed by atoms with Gasteiger partial charge in [-0.25, -0.2) is 12.2 Å². The van der Waals surface area contributed by atoms with E-state index in [0.717, 1.165) is 6.42 Å². The average molecular weight is 431 g/mol. The SMILES string of the molecule is Cl.Cl.[C-]1=CC=CC1.[CH2-]C.[CH2-]C.[Si]=[Zr].c1ccc2[cH-]ccc2c1. The molecule has 0 N–H and O–H groups in total. The van der Waals surface area contributed by atoms with Crippen LogP contribution in [0.4, 0.5) is 0 Å². The van der Waals surface area contributed by atoms with Crippen LogP contribution in [0.1, 0.15) is 20.3 Å². The summed E-state index contributed by atoms with van der Waals surface area (Å²) in [6.07, 6.45) is 10.0. The standard InChI is InChI=1S/C9H7.C5H5.2C2H5.2ClH.Si.Zr/c1-2-5-9-7-3-6-8(9)4-1;1-2-4-5-3-1;2*1-2;;;;/h1-7H;1-3H,4H2;2*1H2,2H3;2*1H;;/q4*-1;;;;. The van der Waals surface area contributed by atoms with Gasteiger partial charge in [-0.05, 0) is 0 Å². The fraction of sp³-hybridized carbons (Fsp3) is 0.167. The molecule has 0 heterocycles. The van der Waals surface area contributed by atoms with E-state index < -0.39 is 0 Å². The molecule has 0 bridgehead atoms. The van der Waals surface area contributed by atoms with Crippen molar-refractivity contribution in [3.8, 4) is 0 Å². The van der Waals surface area contributed by atoms with Gasteiger partial charge in [-0.1, -0.05) is 6.07 Å². The van der Waals surface area contributed by atoms with Crippen molar-refractivity contribution < 1.29 is 23.3 Å². The minimum Gasteiger partial charge on any atom is -0.168 e. The van der Waals surface area contributed by atoms with Crippen LogP contribution < -0.4 is 0 Å². The fourth-order valence-electron chi connectivity index (χ4n) is 1.41. The Kier molecular flexibility index (Phi) is 35.3. The van der Waals surface area contributed by atoms with E-state index in [2.05, 4.69) is 75.3 Å². The summed E-state index contributed by atoms with van der Waals surface area (Å²) in [5.74, 6) is 0. The average Bonchev–Trinajstić information content (AvgIpc) is 3.27. The van der Waals surface area contributed by atoms with Crippen LogP contribution in [0.3, 0.4) is 0 Å². The summed E-state index contributed by atoms with van der Waals surface area (Å²) in [5.41, 5.74) is 0. The first-order valence-electron chi connectivity index (χ1n) is 6.45. The summed E-state index contributed by atoms with van der Waals surface area (Å²) in [6.45, 7) is 13.1. The van der Waals surface area contributed by atoms with Gasteiger partial charge in [0.25, 0.3) is 0 Å². The van der Waals surface area contributed by atoms with Gasteiger partial charge < -0.3 is 13.8 Å². The number of benzene rings is 1. The third-order valence-electron chi connectivity index (χ3n) is 2.13. The summed E-state index contributed by atoms with van der Waals surface area (Å²) in [7, 11) is 0. The van der Waals surface area contributed by atoms with Crippen molar-refractivity contribution in [1.82, 2.24) is 0 Å². The van der Waals surface area contributed by atoms with E-state index in [-0.39, 0.29) is 24.8 Å². The third-order valence-corrected chi connectivity index (χ3v) is 2.13. The molecular weight excluding hydrogens is 406 g/mol. The van der Waals surface area contributed by atoms with Gasteiger partial charge in [0.2, 0.25) is 0 Å². The van der Waals surface area contributed by atoms with Crippen molar-refractivity contribution in [2.24, 2.45) is 0 Å². The summed E-state index contributed by atoms with van der Waals surface area (Å²) in [5, 5.41) is 2.66. The first kappa shape index (κ1) is 29.9. The van der Waals surface area contributed by atoms with Crippen molar-refractivity contribution in [2.75, 3.05) is 0 Å². The zero-order valence-corrected chi connectivity index (χ0v) is 18.3. The Bertz CT molecular complexity index is 438. The number of rotatable bonds is 0. The van der Waals surface area contributed by atoms with Crippen molar-refractivity contribution in [2.45, 2.75) is 20.3 Å². The molecule has 0 spiro atoms. The molecular formula is C18H24Cl2SiZr-4. The molecule has 2 aromatic carbocycles. The monoisotopic (exact) mass is 428 g/mol. The number of hydrogen-bond acceptors (Lipinski definition) is 0. The molecule has 0 unspecified atom stereocenters. The Labute approximate surface area is 165 Å². The minimum atomic E-state index is 0. The summed E-state index contributed by atoms with van der Waals surface area (Å²) >= 11 is 1.36. The summed E-state index contributed by atoms with van der Waals surface area (Å²) in [4.78, 5) is 0. The van der Waals surface area contributed by atoms with Crippen LogP contribution in [0.5, 0.6) is 0 Å². The predicted molar refractivity (Wildman–Crippen MR) is 103 cm³/mol. The number of allylic oxidation sites excluding steroid dienone is 4. The Hall–Kier alpha value is -0.0100. The molecule has 0 saturated heterocycles. The van der Waals surface area contributed by atoms with Gasteiger partial charge in [-0.3, -0.25) is 6.08 Å². The first-order chi connectivity index (χ1) is 9.97. The maximum atomic E-state index is 3.25. The van der Waals surface area contributed by atoms with Gasteiger partial charge in [-0.2, -0.15) is 37.4 Å². The topological polar surface area (TPSA) is 0 Å². The molecule has 1 aliphatic carbocycles. The number of hydrogen-bond donors (Lipinski definition) is 0. The molecule has 4 heteroatoms. The Morgan fingerprint density at radius 1 is 1.05 bits per heavy atom. The second-order valence-electron chi connectivity index (χ2n) is 3.16. The fourth-order valence-corrected chi connectivity index (χ4v) is 1.41. The smallest absolute Gasteiger partial charge is 0.0809 e. The predicted octanol–water partition coefficient (Wildman–Crippen LogP) is 6.01. The van der Waals surface area contributed by atoms with E-state index in [0.29, 0.717) is 0 Å². The molecule has 0 fully saturated rings. The molecule has 0 atom stereocenters. The van der Waals surface area contributed by atoms with E-state index in [1.165, 1.54) is 34.1 Å². The molecule has 0 aliphatic heterocycles. The zero-order valence-electron chi connectivity index (χ0n) is 13.2. The van der Waals surface area contributed by atoms with Crippen LogP contribution in [0.15, 0.2) is 60.7 Å². The van der Waals surface area contributed by atoms with Crippen molar-refractivity contribution in [3.05, 3.63) is 80.6 Å². The van der Waals surface area contributed by atoms with Crippen molar-refractivity contribution >= 4 is 42.5 Å². The van der Waals surface area contributed by atoms with E-state index >= 15 is 0 Å². The summed E-state index contributed by atoms with van der Waals surface area (Å²) in [6, 6.07) is 14.7. The van der Waals surface area contributed by atoms with Crippen LogP contribution in [0.2, 0.25) is 0 Å². The molecule has 2 aromatic rings. The molecule has 3 rings (SSSR count). The van der Waals surface area contributed by atoms with Crippen LogP contribution in [0.25, 0.3) is 10.8 Å². The number of halogens is 2. The molecule has 22 heavy (non-hydrogen) atoms. The minimum absolute atomic E-state index is 0. The van der Waals surface area contributed by atoms with E-state index in [9.17, 15) is 0 Å². The molecule has 0 saturated carbocycles. The van der Waals surface area contributed by atoms with E-state index in [1.807, 2.05) is 12.2 Å². The molecule has 0 nitrogen and oxygen atoms in total. The second kappa shape index (κ2) is 25.9. The van der Waals surface area contributed by atoms with Crippen molar-refractivity contribution in [1.29, 1.82) is 0 Å². The first-order valence-corrected chi connectivity index (χ1v) is 10.6. The molecule has 0 aromatic heterocycles. The van der Waals surface area contributed by atoms with Gasteiger partial charge in [0, 0.05) is 0 Å². The van der Waals surface area contributed by atoms with E-state index in [1.54, 1.807) is 13.8 Å². The van der Waals surface area contributed by atoms with E-state index in [4.69, 9.17) is 0 Å². The molecule has 1 aliphatic rings. The summed E-state index contributed by atoms with van der Waals surface area (Å²) < 4.78 is 0. The zero-order chi connectivity index (χ0) is 15.6. The molecule has 0 amide bonds. The third kappa shape index (κ3) is 14.9.